The molecule has 0 aromatic rings. The summed E-state index contributed by atoms with van der Waals surface area (Å²) in [5.41, 5.74) is 1.86. The Balaban J connectivity index is 4.73. The minimum absolute atomic E-state index is 0.0963. The quantitative estimate of drug-likeness (QED) is 0.504. The third kappa shape index (κ3) is 5.85. The lowest BCUT2D eigenvalue weighted by molar-refractivity contribution is -0.130. The Morgan fingerprint density at radius 3 is 1.89 bits per heavy atom. The van der Waals surface area contributed by atoms with Crippen molar-refractivity contribution in [3.63, 3.8) is 0 Å². The molecule has 0 amide bonds. The van der Waals surface area contributed by atoms with Crippen molar-refractivity contribution in [3.05, 3.63) is 11.6 Å². The van der Waals surface area contributed by atoms with E-state index in [1.54, 1.807) is 0 Å². The topological polar surface area (TPSA) is 26.3 Å². The summed E-state index contributed by atoms with van der Waals surface area (Å²) in [5, 5.41) is 0. The predicted molar refractivity (Wildman–Crippen MR) is 81.3 cm³/mol. The van der Waals surface area contributed by atoms with Gasteiger partial charge in [-0.1, -0.05) is 60.5 Å². The van der Waals surface area contributed by atoms with Gasteiger partial charge in [0.25, 0.3) is 0 Å². The maximum absolute atomic E-state index is 12.1. The number of hydrogen-bond acceptors (Lipinski definition) is 2. The molecule has 2 atom stereocenters. The molecule has 0 aliphatic rings. The van der Waals surface area contributed by atoms with Crippen LogP contribution >= 0.6 is 0 Å². The van der Waals surface area contributed by atoms with Gasteiger partial charge in [0.05, 0.1) is 0 Å². The number of rotatable bonds is 7. The average Bonchev–Trinajstić information content (AvgIpc) is 2.32. The fourth-order valence-corrected chi connectivity index (χ4v) is 4.99. The van der Waals surface area contributed by atoms with Gasteiger partial charge in [-0.2, -0.15) is 0 Å². The Bertz CT molecular complexity index is 274. The molecule has 0 fully saturated rings. The zero-order valence-electron chi connectivity index (χ0n) is 13.1. The molecular formula is C15H30O2Si. The molecule has 0 N–H and O–H groups in total. The minimum Gasteiger partial charge on any atom is -0.518 e. The van der Waals surface area contributed by atoms with Gasteiger partial charge in [0.1, 0.15) is 0 Å². The van der Waals surface area contributed by atoms with E-state index in [9.17, 15) is 4.79 Å². The number of allylic oxidation sites excluding steroid dienone is 1. The van der Waals surface area contributed by atoms with Crippen molar-refractivity contribution in [1.29, 1.82) is 0 Å². The van der Waals surface area contributed by atoms with E-state index in [0.717, 1.165) is 18.4 Å². The molecule has 0 aliphatic carbocycles. The van der Waals surface area contributed by atoms with Gasteiger partial charge in [-0.15, -0.1) is 0 Å². The van der Waals surface area contributed by atoms with Gasteiger partial charge in [0.15, 0.2) is 0 Å². The Morgan fingerprint density at radius 1 is 1.11 bits per heavy atom. The van der Waals surface area contributed by atoms with Gasteiger partial charge in [0, 0.05) is 5.57 Å². The van der Waals surface area contributed by atoms with Crippen molar-refractivity contribution in [2.45, 2.75) is 72.4 Å². The van der Waals surface area contributed by atoms with Crippen molar-refractivity contribution >= 4 is 15.0 Å². The Morgan fingerprint density at radius 2 is 1.56 bits per heavy atom. The second kappa shape index (κ2) is 8.52. The number of carbonyl (C=O) groups is 1. The minimum atomic E-state index is -1.47. The van der Waals surface area contributed by atoms with Gasteiger partial charge in [-0.25, -0.2) is 4.79 Å². The van der Waals surface area contributed by atoms with Crippen molar-refractivity contribution in [2.24, 2.45) is 5.92 Å². The Hall–Kier alpha value is -0.573. The molecule has 3 heteroatoms. The molecule has 0 saturated heterocycles. The second-order valence-electron chi connectivity index (χ2n) is 5.73. The molecule has 0 rings (SSSR count). The number of carbonyl (C=O) groups excluding carboxylic acids is 1. The summed E-state index contributed by atoms with van der Waals surface area (Å²) in [7, 11) is -1.47. The molecular weight excluding hydrogens is 240 g/mol. The molecule has 0 aromatic heterocycles. The van der Waals surface area contributed by atoms with Crippen molar-refractivity contribution in [3.8, 4) is 0 Å². The van der Waals surface area contributed by atoms with Gasteiger partial charge in [-0.3, -0.25) is 0 Å². The smallest absolute Gasteiger partial charge is 0.319 e. The molecule has 0 saturated carbocycles. The zero-order valence-corrected chi connectivity index (χ0v) is 14.3. The zero-order chi connectivity index (χ0) is 14.3. The van der Waals surface area contributed by atoms with Gasteiger partial charge >= 0.3 is 5.97 Å². The van der Waals surface area contributed by atoms with Gasteiger partial charge < -0.3 is 4.43 Å². The fraction of sp³-hybridized carbons (Fsp3) is 0.800. The highest BCUT2D eigenvalue weighted by Crippen LogP contribution is 2.27. The fourth-order valence-electron chi connectivity index (χ4n) is 2.04. The first-order valence-electron chi connectivity index (χ1n) is 7.22. The van der Waals surface area contributed by atoms with Gasteiger partial charge in [-0.05, 0) is 23.9 Å². The van der Waals surface area contributed by atoms with Crippen LogP contribution in [0.3, 0.4) is 0 Å². The Labute approximate surface area is 115 Å². The third-order valence-electron chi connectivity index (χ3n) is 3.56. The van der Waals surface area contributed by atoms with Crippen LogP contribution in [0.25, 0.3) is 0 Å². The summed E-state index contributed by atoms with van der Waals surface area (Å²) in [4.78, 5) is 12.1. The maximum Gasteiger partial charge on any atom is 0.319 e. The van der Waals surface area contributed by atoms with E-state index in [-0.39, 0.29) is 5.97 Å². The van der Waals surface area contributed by atoms with E-state index >= 15 is 0 Å². The van der Waals surface area contributed by atoms with Crippen LogP contribution in [0.4, 0.5) is 0 Å². The largest absolute Gasteiger partial charge is 0.518 e. The first kappa shape index (κ1) is 17.4. The second-order valence-corrected chi connectivity index (χ2v) is 9.18. The summed E-state index contributed by atoms with van der Waals surface area (Å²) in [5.74, 6) is 0.297. The summed E-state index contributed by atoms with van der Waals surface area (Å²) in [6.45, 7) is 14.8. The highest BCUT2D eigenvalue weighted by Gasteiger charge is 2.28. The summed E-state index contributed by atoms with van der Waals surface area (Å²) in [6.07, 6.45) is 4.18. The standard InChI is InChI=1S/C15H30O2Si/c1-8-13(6)18(14(7)9-2)17-15(16)12(5)10-11(3)4/h10-11,13-14,18H,8-9H2,1-7H3. The summed E-state index contributed by atoms with van der Waals surface area (Å²) in [6, 6.07) is 0. The SMILES string of the molecule is CCC(C)[SiH](OC(=O)C(C)=CC(C)C)C(C)CC. The monoisotopic (exact) mass is 270 g/mol. The lowest BCUT2D eigenvalue weighted by Crippen LogP contribution is -2.31. The highest BCUT2D eigenvalue weighted by atomic mass is 28.3. The highest BCUT2D eigenvalue weighted by molar-refractivity contribution is 6.57. The molecule has 0 aliphatic heterocycles. The van der Waals surface area contributed by atoms with E-state index in [1.807, 2.05) is 13.0 Å². The Kier molecular flexibility index (Phi) is 8.24. The van der Waals surface area contributed by atoms with Gasteiger partial charge in [0.2, 0.25) is 9.04 Å². The van der Waals surface area contributed by atoms with Crippen LogP contribution in [0.5, 0.6) is 0 Å². The van der Waals surface area contributed by atoms with Crippen molar-refractivity contribution < 1.29 is 9.22 Å². The molecule has 2 nitrogen and oxygen atoms in total. The predicted octanol–water partition coefficient (Wildman–Crippen LogP) is 4.46. The number of hydrogen-bond donors (Lipinski definition) is 0. The van der Waals surface area contributed by atoms with Crippen LogP contribution in [-0.4, -0.2) is 15.0 Å². The molecule has 0 heterocycles. The van der Waals surface area contributed by atoms with E-state index in [1.165, 1.54) is 0 Å². The molecule has 2 unspecified atom stereocenters. The van der Waals surface area contributed by atoms with E-state index < -0.39 is 9.04 Å². The van der Waals surface area contributed by atoms with Crippen LogP contribution in [0, 0.1) is 5.92 Å². The molecule has 0 bridgehead atoms. The summed E-state index contributed by atoms with van der Waals surface area (Å²) >= 11 is 0. The van der Waals surface area contributed by atoms with Crippen LogP contribution in [0.15, 0.2) is 11.6 Å². The molecule has 106 valence electrons. The first-order chi connectivity index (χ1) is 8.33. The normalized spacial score (nSPS) is 17.4. The van der Waals surface area contributed by atoms with Crippen LogP contribution in [-0.2, 0) is 9.22 Å². The average molecular weight is 270 g/mol. The summed E-state index contributed by atoms with van der Waals surface area (Å²) < 4.78 is 5.85. The lowest BCUT2D eigenvalue weighted by atomic mass is 10.1. The molecule has 0 spiro atoms. The molecule has 18 heavy (non-hydrogen) atoms. The van der Waals surface area contributed by atoms with E-state index in [4.69, 9.17) is 4.43 Å². The van der Waals surface area contributed by atoms with Crippen molar-refractivity contribution in [1.82, 2.24) is 0 Å². The third-order valence-corrected chi connectivity index (χ3v) is 7.23. The van der Waals surface area contributed by atoms with Crippen LogP contribution in [0.1, 0.15) is 61.3 Å². The molecule has 0 radical (unpaired) electrons. The lowest BCUT2D eigenvalue weighted by Gasteiger charge is -2.26. The van der Waals surface area contributed by atoms with Crippen LogP contribution in [0.2, 0.25) is 11.1 Å². The van der Waals surface area contributed by atoms with E-state index in [0.29, 0.717) is 17.0 Å². The molecule has 0 aromatic carbocycles. The maximum atomic E-state index is 12.1. The van der Waals surface area contributed by atoms with Crippen molar-refractivity contribution in [2.75, 3.05) is 0 Å². The van der Waals surface area contributed by atoms with Crippen LogP contribution < -0.4 is 0 Å². The first-order valence-corrected chi connectivity index (χ1v) is 9.03. The van der Waals surface area contributed by atoms with E-state index in [2.05, 4.69) is 41.5 Å².